The average molecular weight is 242 g/mol. The van der Waals surface area contributed by atoms with Crippen molar-refractivity contribution in [3.63, 3.8) is 0 Å². The molecule has 0 aliphatic rings. The molecule has 0 saturated heterocycles. The minimum Gasteiger partial charge on any atom is -0.336 e. The van der Waals surface area contributed by atoms with Gasteiger partial charge in [-0.05, 0) is 25.1 Å². The van der Waals surface area contributed by atoms with Crippen LogP contribution in [0.2, 0.25) is 0 Å². The third-order valence-corrected chi connectivity index (χ3v) is 2.28. The van der Waals surface area contributed by atoms with Crippen LogP contribution in [0, 0.1) is 0 Å². The van der Waals surface area contributed by atoms with Crippen molar-refractivity contribution in [3.05, 3.63) is 54.1 Å². The lowest BCUT2D eigenvalue weighted by molar-refractivity contribution is 0.249. The van der Waals surface area contributed by atoms with Crippen LogP contribution in [-0.2, 0) is 0 Å². The molecule has 0 radical (unpaired) electrons. The summed E-state index contributed by atoms with van der Waals surface area (Å²) in [6.45, 7) is 2.41. The van der Waals surface area contributed by atoms with Crippen LogP contribution in [0.15, 0.2) is 53.8 Å². The van der Waals surface area contributed by atoms with Crippen molar-refractivity contribution in [3.8, 4) is 5.69 Å². The highest BCUT2D eigenvalue weighted by molar-refractivity contribution is 5.74. The number of amides is 2. The predicted molar refractivity (Wildman–Crippen MR) is 68.2 cm³/mol. The Morgan fingerprint density at radius 2 is 2.11 bits per heavy atom. The lowest BCUT2D eigenvalue weighted by atomic mass is 10.3. The number of carbonyl (C=O) groups is 1. The smallest absolute Gasteiger partial charge is 0.336 e. The molecule has 92 valence electrons. The van der Waals surface area contributed by atoms with Crippen molar-refractivity contribution < 1.29 is 4.79 Å². The maximum atomic E-state index is 11.3. The molecular formula is C13H14N4O. The molecule has 2 amide bonds. The standard InChI is InChI=1S/C13H14N4O/c1-2-14-13(18)16-11-8-9-17(15-10-11)12-6-4-3-5-7-12/h3-10H,2H2,1H3,(H,14,18). The Morgan fingerprint density at radius 3 is 2.72 bits per heavy atom. The third-order valence-electron chi connectivity index (χ3n) is 2.28. The summed E-state index contributed by atoms with van der Waals surface area (Å²) in [4.78, 5) is 15.1. The molecule has 5 heteroatoms. The molecule has 18 heavy (non-hydrogen) atoms. The summed E-state index contributed by atoms with van der Waals surface area (Å²) < 4.78 is 1.72. The molecule has 0 aliphatic carbocycles. The van der Waals surface area contributed by atoms with Crippen LogP contribution >= 0.6 is 0 Å². The lowest BCUT2D eigenvalue weighted by Gasteiger charge is -2.03. The summed E-state index contributed by atoms with van der Waals surface area (Å²) >= 11 is 0. The summed E-state index contributed by atoms with van der Waals surface area (Å²) in [7, 11) is 0. The highest BCUT2D eigenvalue weighted by Gasteiger charge is 1.95. The fourth-order valence-electron chi connectivity index (χ4n) is 1.46. The third kappa shape index (κ3) is 3.04. The SMILES string of the molecule is CCNC(=O)N=c1ccn(-c2ccccc2)nc1. The molecule has 1 heterocycles. The highest BCUT2D eigenvalue weighted by Crippen LogP contribution is 2.02. The van der Waals surface area contributed by atoms with Gasteiger partial charge in [-0.1, -0.05) is 18.2 Å². The fraction of sp³-hybridized carbons (Fsp3) is 0.154. The van der Waals surface area contributed by atoms with Gasteiger partial charge in [-0.15, -0.1) is 0 Å². The van der Waals surface area contributed by atoms with Gasteiger partial charge in [-0.3, -0.25) is 0 Å². The van der Waals surface area contributed by atoms with Gasteiger partial charge in [0.25, 0.3) is 0 Å². The molecule has 0 saturated carbocycles. The first-order valence-corrected chi connectivity index (χ1v) is 5.72. The number of hydrogen-bond donors (Lipinski definition) is 1. The molecule has 0 spiro atoms. The monoisotopic (exact) mass is 242 g/mol. The lowest BCUT2D eigenvalue weighted by Crippen LogP contribution is -2.22. The quantitative estimate of drug-likeness (QED) is 0.867. The van der Waals surface area contributed by atoms with E-state index in [-0.39, 0.29) is 6.03 Å². The first-order valence-electron chi connectivity index (χ1n) is 5.72. The summed E-state index contributed by atoms with van der Waals surface area (Å²) in [5.41, 5.74) is 0.960. The zero-order valence-corrected chi connectivity index (χ0v) is 10.1. The number of benzene rings is 1. The van der Waals surface area contributed by atoms with Crippen LogP contribution in [0.4, 0.5) is 4.79 Å². The van der Waals surface area contributed by atoms with Gasteiger partial charge in [0, 0.05) is 12.7 Å². The first-order chi connectivity index (χ1) is 8.79. The predicted octanol–water partition coefficient (Wildman–Crippen LogP) is 1.50. The molecular weight excluding hydrogens is 228 g/mol. The van der Waals surface area contributed by atoms with Crippen molar-refractivity contribution in [1.82, 2.24) is 15.1 Å². The summed E-state index contributed by atoms with van der Waals surface area (Å²) in [5.74, 6) is 0. The molecule has 0 aliphatic heterocycles. The van der Waals surface area contributed by atoms with Gasteiger partial charge in [-0.2, -0.15) is 10.1 Å². The van der Waals surface area contributed by atoms with E-state index in [9.17, 15) is 4.79 Å². The van der Waals surface area contributed by atoms with E-state index in [0.717, 1.165) is 5.69 Å². The van der Waals surface area contributed by atoms with Gasteiger partial charge >= 0.3 is 6.03 Å². The van der Waals surface area contributed by atoms with E-state index in [2.05, 4.69) is 15.4 Å². The fourth-order valence-corrected chi connectivity index (χ4v) is 1.46. The van der Waals surface area contributed by atoms with Crippen molar-refractivity contribution in [2.75, 3.05) is 6.54 Å². The summed E-state index contributed by atoms with van der Waals surface area (Å²) in [6.07, 6.45) is 3.33. The summed E-state index contributed by atoms with van der Waals surface area (Å²) in [6, 6.07) is 11.1. The van der Waals surface area contributed by atoms with Gasteiger partial charge in [0.05, 0.1) is 17.2 Å². The second-order valence-electron chi connectivity index (χ2n) is 3.61. The highest BCUT2D eigenvalue weighted by atomic mass is 16.2. The normalized spacial score (nSPS) is 11.3. The first kappa shape index (κ1) is 12.0. The van der Waals surface area contributed by atoms with Gasteiger partial charge in [0.1, 0.15) is 0 Å². The number of nitrogens with zero attached hydrogens (tertiary/aromatic N) is 3. The van der Waals surface area contributed by atoms with E-state index < -0.39 is 0 Å². The zero-order valence-electron chi connectivity index (χ0n) is 10.1. The van der Waals surface area contributed by atoms with Crippen LogP contribution in [0.5, 0.6) is 0 Å². The maximum absolute atomic E-state index is 11.3. The van der Waals surface area contributed by atoms with Crippen molar-refractivity contribution in [2.45, 2.75) is 6.92 Å². The maximum Gasteiger partial charge on any atom is 0.341 e. The molecule has 2 rings (SSSR count). The zero-order chi connectivity index (χ0) is 12.8. The van der Waals surface area contributed by atoms with Gasteiger partial charge in [0.15, 0.2) is 0 Å². The second-order valence-corrected chi connectivity index (χ2v) is 3.61. The molecule has 0 unspecified atom stereocenters. The molecule has 1 aromatic heterocycles. The van der Waals surface area contributed by atoms with Gasteiger partial charge in [-0.25, -0.2) is 9.48 Å². The minimum absolute atomic E-state index is 0.350. The number of nitrogens with one attached hydrogen (secondary N) is 1. The van der Waals surface area contributed by atoms with E-state index in [1.165, 1.54) is 0 Å². The Bertz CT molecular complexity index is 569. The summed E-state index contributed by atoms with van der Waals surface area (Å²) in [5, 5.41) is 7.34. The van der Waals surface area contributed by atoms with Gasteiger partial charge in [0.2, 0.25) is 0 Å². The van der Waals surface area contributed by atoms with Gasteiger partial charge < -0.3 is 5.32 Å². The van der Waals surface area contributed by atoms with Crippen molar-refractivity contribution in [2.24, 2.45) is 4.99 Å². The van der Waals surface area contributed by atoms with Crippen LogP contribution in [0.3, 0.4) is 0 Å². The van der Waals surface area contributed by atoms with E-state index in [1.807, 2.05) is 37.3 Å². The molecule has 2 aromatic rings. The average Bonchev–Trinajstić information content (AvgIpc) is 2.41. The Labute approximate surface area is 105 Å². The van der Waals surface area contributed by atoms with E-state index in [4.69, 9.17) is 0 Å². The van der Waals surface area contributed by atoms with Crippen LogP contribution < -0.4 is 10.7 Å². The molecule has 1 aromatic carbocycles. The second kappa shape index (κ2) is 5.77. The molecule has 0 atom stereocenters. The number of carbonyl (C=O) groups excluding carboxylic acids is 1. The van der Waals surface area contributed by atoms with E-state index in [0.29, 0.717) is 11.9 Å². The number of hydrogen-bond acceptors (Lipinski definition) is 2. The van der Waals surface area contributed by atoms with E-state index >= 15 is 0 Å². The number of para-hydroxylation sites is 1. The van der Waals surface area contributed by atoms with Crippen molar-refractivity contribution in [1.29, 1.82) is 0 Å². The number of aromatic nitrogens is 2. The largest absolute Gasteiger partial charge is 0.341 e. The number of rotatable bonds is 2. The van der Waals surface area contributed by atoms with Crippen LogP contribution in [0.1, 0.15) is 6.92 Å². The topological polar surface area (TPSA) is 59.3 Å². The molecule has 5 nitrogen and oxygen atoms in total. The van der Waals surface area contributed by atoms with Crippen LogP contribution in [-0.4, -0.2) is 22.4 Å². The molecule has 0 bridgehead atoms. The van der Waals surface area contributed by atoms with E-state index in [1.54, 1.807) is 23.1 Å². The Hall–Kier alpha value is -2.43. The Balaban J connectivity index is 2.23. The minimum atomic E-state index is -0.350. The Morgan fingerprint density at radius 1 is 1.33 bits per heavy atom. The number of urea groups is 1. The van der Waals surface area contributed by atoms with Crippen LogP contribution in [0.25, 0.3) is 5.69 Å². The molecule has 1 N–H and O–H groups in total. The Kier molecular flexibility index (Phi) is 3.86. The molecule has 0 fully saturated rings. The van der Waals surface area contributed by atoms with Crippen molar-refractivity contribution >= 4 is 6.03 Å².